The van der Waals surface area contributed by atoms with Gasteiger partial charge in [-0.1, -0.05) is 19.4 Å². The molecule has 0 radical (unpaired) electrons. The highest BCUT2D eigenvalue weighted by molar-refractivity contribution is 7.89. The molecule has 0 aromatic heterocycles. The van der Waals surface area contributed by atoms with Crippen LogP contribution in [0, 0.1) is 6.92 Å². The van der Waals surface area contributed by atoms with Gasteiger partial charge in [0.1, 0.15) is 4.90 Å². The minimum atomic E-state index is -3.99. The van der Waals surface area contributed by atoms with E-state index in [1.165, 1.54) is 12.1 Å². The van der Waals surface area contributed by atoms with Gasteiger partial charge in [0.05, 0.1) is 11.9 Å². The quantitative estimate of drug-likeness (QED) is 0.491. The summed E-state index contributed by atoms with van der Waals surface area (Å²) < 4.78 is 23.3. The summed E-state index contributed by atoms with van der Waals surface area (Å²) in [6, 6.07) is 4.45. The lowest BCUT2D eigenvalue weighted by atomic mass is 10.2. The number of carbonyl (C=O) groups excluding carboxylic acids is 1. The van der Waals surface area contributed by atoms with Gasteiger partial charge in [-0.05, 0) is 42.6 Å². The van der Waals surface area contributed by atoms with E-state index >= 15 is 0 Å². The number of amides is 1. The molecule has 0 bridgehead atoms. The van der Waals surface area contributed by atoms with Crippen LogP contribution >= 0.6 is 11.6 Å². The Morgan fingerprint density at radius 2 is 2.05 bits per heavy atom. The summed E-state index contributed by atoms with van der Waals surface area (Å²) in [6.07, 6.45) is 0.488. The van der Waals surface area contributed by atoms with Crippen LogP contribution < -0.4 is 15.8 Å². The van der Waals surface area contributed by atoms with Crippen molar-refractivity contribution in [3.05, 3.63) is 23.8 Å². The number of hydrogen-bond acceptors (Lipinski definition) is 4. The highest BCUT2D eigenvalue weighted by Gasteiger charge is 2.26. The first-order valence-electron chi connectivity index (χ1n) is 6.06. The Balaban J connectivity index is 3.47. The molecule has 0 aliphatic heterocycles. The maximum Gasteiger partial charge on any atom is 0.322 e. The highest BCUT2D eigenvalue weighted by Crippen LogP contribution is 2.28. The smallest absolute Gasteiger partial charge is 0.311 e. The number of hydrogen-bond donors (Lipinski definition) is 2. The van der Waals surface area contributed by atoms with Crippen molar-refractivity contribution < 1.29 is 13.2 Å². The molecule has 0 aliphatic carbocycles. The van der Waals surface area contributed by atoms with E-state index in [4.69, 9.17) is 22.5 Å². The second-order valence-electron chi connectivity index (χ2n) is 4.50. The molecular formula is C12H18ClN3O3S. The van der Waals surface area contributed by atoms with Crippen LogP contribution in [-0.2, 0) is 10.0 Å². The second-order valence-corrected chi connectivity index (χ2v) is 6.35. The molecule has 20 heavy (non-hydrogen) atoms. The molecule has 1 unspecified atom stereocenters. The van der Waals surface area contributed by atoms with Gasteiger partial charge in [0.25, 0.3) is 0 Å². The molecule has 1 rings (SSSR count). The van der Waals surface area contributed by atoms with Crippen molar-refractivity contribution in [2.75, 3.05) is 4.90 Å². The maximum atomic E-state index is 11.6. The molecule has 1 atom stereocenters. The first-order valence-corrected chi connectivity index (χ1v) is 7.98. The monoisotopic (exact) mass is 319 g/mol. The number of primary sulfonamides is 1. The molecule has 4 N–H and O–H groups in total. The van der Waals surface area contributed by atoms with Gasteiger partial charge < -0.3 is 5.73 Å². The zero-order valence-electron chi connectivity index (χ0n) is 11.3. The number of aryl methyl sites for hydroxylation is 1. The first-order chi connectivity index (χ1) is 9.18. The van der Waals surface area contributed by atoms with E-state index in [0.29, 0.717) is 6.42 Å². The van der Waals surface area contributed by atoms with Crippen LogP contribution in [0.15, 0.2) is 23.1 Å². The van der Waals surface area contributed by atoms with E-state index in [1.807, 2.05) is 6.92 Å². The molecule has 1 aromatic rings. The van der Waals surface area contributed by atoms with E-state index < -0.39 is 21.6 Å². The van der Waals surface area contributed by atoms with Gasteiger partial charge in [-0.15, -0.1) is 0 Å². The van der Waals surface area contributed by atoms with Crippen molar-refractivity contribution in [2.45, 2.75) is 37.8 Å². The molecule has 1 aromatic carbocycles. The van der Waals surface area contributed by atoms with Crippen LogP contribution in [-0.4, -0.2) is 19.9 Å². The third-order valence-electron chi connectivity index (χ3n) is 2.79. The topological polar surface area (TPSA) is 106 Å². The minimum Gasteiger partial charge on any atom is -0.311 e. The first kappa shape index (κ1) is 16.9. The van der Waals surface area contributed by atoms with Crippen molar-refractivity contribution >= 4 is 32.7 Å². The summed E-state index contributed by atoms with van der Waals surface area (Å²) in [5.74, 6) is 0. The van der Waals surface area contributed by atoms with Crippen molar-refractivity contribution in [3.63, 3.8) is 0 Å². The Morgan fingerprint density at radius 3 is 2.50 bits per heavy atom. The lowest BCUT2D eigenvalue weighted by Crippen LogP contribution is -2.44. The van der Waals surface area contributed by atoms with Crippen molar-refractivity contribution in [2.24, 2.45) is 10.9 Å². The van der Waals surface area contributed by atoms with Crippen LogP contribution in [0.3, 0.4) is 0 Å². The van der Waals surface area contributed by atoms with Crippen LogP contribution in [0.1, 0.15) is 25.3 Å². The average Bonchev–Trinajstić information content (AvgIpc) is 2.27. The Hall–Kier alpha value is -1.15. The lowest BCUT2D eigenvalue weighted by Gasteiger charge is -2.28. The van der Waals surface area contributed by atoms with Crippen LogP contribution in [0.4, 0.5) is 10.5 Å². The number of rotatable bonds is 5. The summed E-state index contributed by atoms with van der Waals surface area (Å²) in [5, 5.41) is 4.32. The fourth-order valence-electron chi connectivity index (χ4n) is 1.88. The van der Waals surface area contributed by atoms with Gasteiger partial charge in [-0.3, -0.25) is 9.69 Å². The molecule has 0 saturated carbocycles. The number of halogens is 1. The Bertz CT molecular complexity index is 604. The zero-order chi connectivity index (χ0) is 15.5. The summed E-state index contributed by atoms with van der Waals surface area (Å²) in [6.45, 7) is 3.66. The fraction of sp³-hybridized carbons (Fsp3) is 0.417. The van der Waals surface area contributed by atoms with Gasteiger partial charge in [0, 0.05) is 0 Å². The normalized spacial score (nSPS) is 13.1. The molecule has 1 amide bonds. The maximum absolute atomic E-state index is 11.6. The minimum absolute atomic E-state index is 0.105. The number of sulfonamides is 1. The predicted octanol–water partition coefficient (Wildman–Crippen LogP) is 1.89. The van der Waals surface area contributed by atoms with Gasteiger partial charge in [-0.2, -0.15) is 0 Å². The largest absolute Gasteiger partial charge is 0.322 e. The SMILES string of the molecule is CCCC(N)N(C(=O)Cl)c1cc(C)ccc1S(N)(=O)=O. The predicted molar refractivity (Wildman–Crippen MR) is 79.2 cm³/mol. The number of anilines is 1. The molecule has 8 heteroatoms. The van der Waals surface area contributed by atoms with Crippen molar-refractivity contribution in [1.82, 2.24) is 0 Å². The molecular weight excluding hydrogens is 302 g/mol. The lowest BCUT2D eigenvalue weighted by molar-refractivity contribution is 0.261. The fourth-order valence-corrected chi connectivity index (χ4v) is 2.81. The second kappa shape index (κ2) is 6.53. The van der Waals surface area contributed by atoms with Gasteiger partial charge in [0.15, 0.2) is 0 Å². The third kappa shape index (κ3) is 3.92. The third-order valence-corrected chi connectivity index (χ3v) is 3.93. The van der Waals surface area contributed by atoms with Crippen LogP contribution in [0.2, 0.25) is 0 Å². The van der Waals surface area contributed by atoms with Gasteiger partial charge in [0.2, 0.25) is 10.0 Å². The molecule has 0 heterocycles. The summed E-state index contributed by atoms with van der Waals surface area (Å²) in [4.78, 5) is 12.5. The van der Waals surface area contributed by atoms with E-state index in [9.17, 15) is 13.2 Å². The van der Waals surface area contributed by atoms with E-state index in [2.05, 4.69) is 0 Å². The summed E-state index contributed by atoms with van der Waals surface area (Å²) >= 11 is 5.55. The van der Waals surface area contributed by atoms with Crippen LogP contribution in [0.25, 0.3) is 0 Å². The Morgan fingerprint density at radius 1 is 1.45 bits per heavy atom. The van der Waals surface area contributed by atoms with Crippen molar-refractivity contribution in [1.29, 1.82) is 0 Å². The molecule has 0 aliphatic rings. The Kier molecular flexibility index (Phi) is 5.52. The number of carbonyl (C=O) groups is 1. The molecule has 0 fully saturated rings. The summed E-state index contributed by atoms with van der Waals surface area (Å²) in [5.41, 5.74) is 6.78. The average molecular weight is 320 g/mol. The van der Waals surface area contributed by atoms with Crippen LogP contribution in [0.5, 0.6) is 0 Å². The molecule has 6 nitrogen and oxygen atoms in total. The zero-order valence-corrected chi connectivity index (χ0v) is 12.9. The number of nitrogens with two attached hydrogens (primary N) is 2. The molecule has 112 valence electrons. The standard InChI is InChI=1S/C12H18ClN3O3S/c1-3-4-11(14)16(12(13)17)9-7-8(2)5-6-10(9)20(15,18)19/h5-7,11H,3-4,14H2,1-2H3,(H2,15,18,19). The summed E-state index contributed by atoms with van der Waals surface area (Å²) in [7, 11) is -3.99. The highest BCUT2D eigenvalue weighted by atomic mass is 35.5. The molecule has 0 saturated heterocycles. The van der Waals surface area contributed by atoms with Crippen molar-refractivity contribution in [3.8, 4) is 0 Å². The molecule has 0 spiro atoms. The van der Waals surface area contributed by atoms with E-state index in [-0.39, 0.29) is 10.6 Å². The number of nitrogens with zero attached hydrogens (tertiary/aromatic N) is 1. The van der Waals surface area contributed by atoms with Gasteiger partial charge in [-0.25, -0.2) is 13.6 Å². The number of benzene rings is 1. The van der Waals surface area contributed by atoms with Gasteiger partial charge >= 0.3 is 5.37 Å². The van der Waals surface area contributed by atoms with E-state index in [0.717, 1.165) is 16.9 Å². The van der Waals surface area contributed by atoms with E-state index in [1.54, 1.807) is 13.0 Å². The Labute approximate surface area is 123 Å².